The molecule has 4 rings (SSSR count). The van der Waals surface area contributed by atoms with Crippen molar-refractivity contribution < 1.29 is 23.5 Å². The standard InChI is InChI=1S/C25H29FN4O4/c1-4-30-22(25(32)33-3)21(29-24(31)17-9-10-34-14-17)19-12-18(13-27-23(19)30)28-15(2)11-16-7-5-6-8-20(16)26/h5-8,12-13,15,17,28H,4,9-11,14H2,1-3H3,(H,29,31)/t15-,17+/m0/s1. The van der Waals surface area contributed by atoms with Crippen LogP contribution in [-0.4, -0.2) is 47.8 Å². The summed E-state index contributed by atoms with van der Waals surface area (Å²) in [5.41, 5.74) is 2.50. The Labute approximate surface area is 197 Å². The number of ether oxygens (including phenoxy) is 2. The molecule has 9 heteroatoms. The number of carbonyl (C=O) groups is 2. The first-order chi connectivity index (χ1) is 16.4. The van der Waals surface area contributed by atoms with Gasteiger partial charge in [0, 0.05) is 24.6 Å². The van der Waals surface area contributed by atoms with E-state index in [0.29, 0.717) is 60.6 Å². The fraction of sp³-hybridized carbons (Fsp3) is 0.400. The SMILES string of the molecule is CCn1c(C(=O)OC)c(NC(=O)[C@@H]2CCOC2)c2cc(N[C@@H](C)Cc3ccccc3F)cnc21. The van der Waals surface area contributed by atoms with Crippen molar-refractivity contribution in [1.82, 2.24) is 9.55 Å². The van der Waals surface area contributed by atoms with E-state index in [2.05, 4.69) is 15.6 Å². The van der Waals surface area contributed by atoms with Crippen LogP contribution in [0.15, 0.2) is 36.5 Å². The van der Waals surface area contributed by atoms with Crippen LogP contribution >= 0.6 is 0 Å². The number of esters is 1. The van der Waals surface area contributed by atoms with E-state index in [0.717, 1.165) is 0 Å². The lowest BCUT2D eigenvalue weighted by Crippen LogP contribution is -2.24. The van der Waals surface area contributed by atoms with Gasteiger partial charge in [-0.15, -0.1) is 0 Å². The van der Waals surface area contributed by atoms with Crippen molar-refractivity contribution >= 4 is 34.3 Å². The first-order valence-electron chi connectivity index (χ1n) is 11.4. The molecule has 34 heavy (non-hydrogen) atoms. The van der Waals surface area contributed by atoms with E-state index in [1.165, 1.54) is 13.2 Å². The van der Waals surface area contributed by atoms with Crippen LogP contribution in [0.4, 0.5) is 15.8 Å². The Kier molecular flexibility index (Phi) is 7.12. The highest BCUT2D eigenvalue weighted by atomic mass is 19.1. The van der Waals surface area contributed by atoms with Crippen molar-refractivity contribution in [1.29, 1.82) is 0 Å². The minimum Gasteiger partial charge on any atom is -0.464 e. The van der Waals surface area contributed by atoms with Crippen molar-refractivity contribution in [2.75, 3.05) is 31.0 Å². The molecule has 1 saturated heterocycles. The second-order valence-corrected chi connectivity index (χ2v) is 8.45. The molecule has 0 spiro atoms. The number of nitrogens with one attached hydrogen (secondary N) is 2. The first kappa shape index (κ1) is 23.7. The largest absolute Gasteiger partial charge is 0.464 e. The zero-order valence-corrected chi connectivity index (χ0v) is 19.6. The molecule has 180 valence electrons. The lowest BCUT2D eigenvalue weighted by atomic mass is 10.1. The van der Waals surface area contributed by atoms with Gasteiger partial charge >= 0.3 is 5.97 Å². The average Bonchev–Trinajstić information content (AvgIpc) is 3.47. The summed E-state index contributed by atoms with van der Waals surface area (Å²) in [5.74, 6) is -1.28. The lowest BCUT2D eigenvalue weighted by Gasteiger charge is -2.16. The molecule has 0 bridgehead atoms. The van der Waals surface area contributed by atoms with Crippen LogP contribution in [-0.2, 0) is 27.2 Å². The van der Waals surface area contributed by atoms with Crippen LogP contribution in [0.1, 0.15) is 36.3 Å². The molecule has 1 fully saturated rings. The van der Waals surface area contributed by atoms with E-state index in [4.69, 9.17) is 9.47 Å². The Morgan fingerprint density at radius 3 is 2.82 bits per heavy atom. The normalized spacial score (nSPS) is 16.4. The minimum atomic E-state index is -0.555. The third kappa shape index (κ3) is 4.75. The van der Waals surface area contributed by atoms with Gasteiger partial charge in [0.2, 0.25) is 5.91 Å². The minimum absolute atomic E-state index is 0.0850. The predicted octanol–water partition coefficient (Wildman–Crippen LogP) is 4.00. The number of carbonyl (C=O) groups excluding carboxylic acids is 2. The zero-order valence-electron chi connectivity index (χ0n) is 19.6. The second-order valence-electron chi connectivity index (χ2n) is 8.45. The van der Waals surface area contributed by atoms with E-state index >= 15 is 0 Å². The number of halogens is 1. The third-order valence-electron chi connectivity index (χ3n) is 6.04. The average molecular weight is 469 g/mol. The Hall–Kier alpha value is -3.46. The van der Waals surface area contributed by atoms with E-state index in [9.17, 15) is 14.0 Å². The number of fused-ring (bicyclic) bond motifs is 1. The highest BCUT2D eigenvalue weighted by molar-refractivity contribution is 6.11. The van der Waals surface area contributed by atoms with Crippen LogP contribution in [0.25, 0.3) is 11.0 Å². The number of aromatic nitrogens is 2. The fourth-order valence-corrected chi connectivity index (χ4v) is 4.34. The van der Waals surface area contributed by atoms with Gasteiger partial charge in [0.1, 0.15) is 11.5 Å². The molecule has 2 N–H and O–H groups in total. The van der Waals surface area contributed by atoms with Gasteiger partial charge in [-0.2, -0.15) is 0 Å². The number of nitrogens with zero attached hydrogens (tertiary/aromatic N) is 2. The van der Waals surface area contributed by atoms with Gasteiger partial charge in [-0.3, -0.25) is 4.79 Å². The number of benzene rings is 1. The van der Waals surface area contributed by atoms with Gasteiger partial charge in [0.15, 0.2) is 5.69 Å². The van der Waals surface area contributed by atoms with Gasteiger partial charge in [-0.25, -0.2) is 14.2 Å². The molecule has 0 saturated carbocycles. The Balaban J connectivity index is 1.68. The summed E-state index contributed by atoms with van der Waals surface area (Å²) < 4.78 is 26.1. The van der Waals surface area contributed by atoms with Crippen molar-refractivity contribution in [3.8, 4) is 0 Å². The number of anilines is 2. The van der Waals surface area contributed by atoms with Crippen molar-refractivity contribution in [3.63, 3.8) is 0 Å². The number of pyridine rings is 1. The molecule has 0 unspecified atom stereocenters. The molecule has 0 radical (unpaired) electrons. The van der Waals surface area contributed by atoms with Gasteiger partial charge < -0.3 is 24.7 Å². The third-order valence-corrected chi connectivity index (χ3v) is 6.04. The number of aryl methyl sites for hydroxylation is 1. The monoisotopic (exact) mass is 468 g/mol. The number of hydrogen-bond donors (Lipinski definition) is 2. The summed E-state index contributed by atoms with van der Waals surface area (Å²) in [6.45, 7) is 5.20. The van der Waals surface area contributed by atoms with Crippen LogP contribution in [0.3, 0.4) is 0 Å². The molecule has 2 aromatic heterocycles. The van der Waals surface area contributed by atoms with Crippen molar-refractivity contribution in [2.24, 2.45) is 5.92 Å². The van der Waals surface area contributed by atoms with Crippen LogP contribution in [0.2, 0.25) is 0 Å². The molecule has 1 aliphatic heterocycles. The highest BCUT2D eigenvalue weighted by Gasteiger charge is 2.29. The van der Waals surface area contributed by atoms with Crippen LogP contribution < -0.4 is 10.6 Å². The Morgan fingerprint density at radius 2 is 2.15 bits per heavy atom. The fourth-order valence-electron chi connectivity index (χ4n) is 4.34. The number of methoxy groups -OCH3 is 1. The predicted molar refractivity (Wildman–Crippen MR) is 127 cm³/mol. The topological polar surface area (TPSA) is 94.5 Å². The summed E-state index contributed by atoms with van der Waals surface area (Å²) in [4.78, 5) is 30.2. The van der Waals surface area contributed by atoms with Crippen molar-refractivity contribution in [2.45, 2.75) is 39.3 Å². The zero-order chi connectivity index (χ0) is 24.2. The molecular formula is C25H29FN4O4. The maximum absolute atomic E-state index is 14.1. The van der Waals surface area contributed by atoms with Gasteiger partial charge in [0.25, 0.3) is 0 Å². The molecule has 1 amide bonds. The first-order valence-corrected chi connectivity index (χ1v) is 11.4. The molecule has 3 aromatic rings. The van der Waals surface area contributed by atoms with Gasteiger partial charge in [0.05, 0.1) is 37.2 Å². The van der Waals surface area contributed by atoms with Crippen LogP contribution in [0, 0.1) is 11.7 Å². The molecule has 1 aliphatic rings. The highest BCUT2D eigenvalue weighted by Crippen LogP contribution is 2.33. The molecule has 0 aliphatic carbocycles. The lowest BCUT2D eigenvalue weighted by molar-refractivity contribution is -0.119. The maximum Gasteiger partial charge on any atom is 0.356 e. The molecule has 1 aromatic carbocycles. The summed E-state index contributed by atoms with van der Waals surface area (Å²) in [6, 6.07) is 8.45. The molecule has 2 atom stereocenters. The summed E-state index contributed by atoms with van der Waals surface area (Å²) in [5, 5.41) is 6.91. The molecule has 3 heterocycles. The van der Waals surface area contributed by atoms with E-state index in [1.54, 1.807) is 22.9 Å². The quantitative estimate of drug-likeness (QED) is 0.486. The summed E-state index contributed by atoms with van der Waals surface area (Å²) in [7, 11) is 1.31. The van der Waals surface area contributed by atoms with Gasteiger partial charge in [-0.05, 0) is 44.4 Å². The molecule has 8 nitrogen and oxygen atoms in total. The van der Waals surface area contributed by atoms with E-state index in [-0.39, 0.29) is 29.4 Å². The Bertz CT molecular complexity index is 1200. The number of hydrogen-bond acceptors (Lipinski definition) is 6. The summed E-state index contributed by atoms with van der Waals surface area (Å²) >= 11 is 0. The van der Waals surface area contributed by atoms with Crippen molar-refractivity contribution in [3.05, 3.63) is 53.6 Å². The number of rotatable bonds is 8. The summed E-state index contributed by atoms with van der Waals surface area (Å²) in [6.07, 6.45) is 2.79. The molecular weight excluding hydrogens is 439 g/mol. The smallest absolute Gasteiger partial charge is 0.356 e. The van der Waals surface area contributed by atoms with Gasteiger partial charge in [-0.1, -0.05) is 18.2 Å². The van der Waals surface area contributed by atoms with E-state index in [1.807, 2.05) is 26.0 Å². The van der Waals surface area contributed by atoms with E-state index < -0.39 is 5.97 Å². The van der Waals surface area contributed by atoms with Crippen LogP contribution in [0.5, 0.6) is 0 Å². The second kappa shape index (κ2) is 10.2. The Morgan fingerprint density at radius 1 is 1.35 bits per heavy atom. The maximum atomic E-state index is 14.1. The number of amides is 1.